The van der Waals surface area contributed by atoms with Gasteiger partial charge in [-0.2, -0.15) is 15.0 Å². The summed E-state index contributed by atoms with van der Waals surface area (Å²) < 4.78 is 0. The average Bonchev–Trinajstić information content (AvgIpc) is 2.83. The van der Waals surface area contributed by atoms with Crippen molar-refractivity contribution in [1.29, 1.82) is 0 Å². The number of aryl methyl sites for hydroxylation is 3. The first-order valence-electron chi connectivity index (χ1n) is 12.0. The molecule has 0 atom stereocenters. The normalized spacial score (nSPS) is 14.5. The Labute approximate surface area is 206 Å². The Balaban J connectivity index is 1.37. The molecule has 0 radical (unpaired) electrons. The molecule has 1 fully saturated rings. The van der Waals surface area contributed by atoms with Crippen molar-refractivity contribution >= 4 is 29.4 Å². The molecule has 184 valence electrons. The van der Waals surface area contributed by atoms with Gasteiger partial charge in [0, 0.05) is 44.0 Å². The minimum atomic E-state index is -0.398. The van der Waals surface area contributed by atoms with Gasteiger partial charge in [0.15, 0.2) is 0 Å². The van der Waals surface area contributed by atoms with E-state index in [9.17, 15) is 4.79 Å². The van der Waals surface area contributed by atoms with E-state index in [1.54, 1.807) is 19.2 Å². The number of carbonyl (C=O) groups excluding carboxylic acids is 1. The molecule has 0 saturated carbocycles. The second kappa shape index (κ2) is 10.7. The number of hydrogen-bond donors (Lipinski definition) is 4. The Morgan fingerprint density at radius 3 is 2.17 bits per heavy atom. The van der Waals surface area contributed by atoms with Crippen LogP contribution in [0.1, 0.15) is 45.5 Å². The van der Waals surface area contributed by atoms with Crippen molar-refractivity contribution in [3.63, 3.8) is 0 Å². The van der Waals surface area contributed by atoms with Crippen LogP contribution in [-0.2, 0) is 6.54 Å². The fraction of sp³-hybridized carbons (Fsp3) is 0.385. The molecule has 2 heterocycles. The zero-order valence-corrected chi connectivity index (χ0v) is 20.9. The summed E-state index contributed by atoms with van der Waals surface area (Å²) in [6.07, 6.45) is 1.97. The van der Waals surface area contributed by atoms with Crippen molar-refractivity contribution < 1.29 is 4.79 Å². The third kappa shape index (κ3) is 6.24. The van der Waals surface area contributed by atoms with Crippen molar-refractivity contribution in [3.8, 4) is 0 Å². The zero-order chi connectivity index (χ0) is 24.9. The van der Waals surface area contributed by atoms with E-state index in [2.05, 4.69) is 68.7 Å². The van der Waals surface area contributed by atoms with E-state index < -0.39 is 5.91 Å². The van der Waals surface area contributed by atoms with Gasteiger partial charge in [0.25, 0.3) is 0 Å². The van der Waals surface area contributed by atoms with Crippen LogP contribution in [0.4, 0.5) is 23.5 Å². The molecule has 4 rings (SSSR count). The minimum Gasteiger partial charge on any atom is -0.366 e. The van der Waals surface area contributed by atoms with Crippen molar-refractivity contribution in [2.24, 2.45) is 5.73 Å². The number of likely N-dealkylation sites (tertiary alicyclic amines) is 1. The van der Waals surface area contributed by atoms with Crippen LogP contribution in [-0.4, -0.2) is 51.9 Å². The lowest BCUT2D eigenvalue weighted by Gasteiger charge is -2.32. The molecular formula is C26H34N8O. The van der Waals surface area contributed by atoms with Gasteiger partial charge in [-0.05, 0) is 62.4 Å². The van der Waals surface area contributed by atoms with Crippen molar-refractivity contribution in [2.75, 3.05) is 36.1 Å². The van der Waals surface area contributed by atoms with Gasteiger partial charge in [-0.15, -0.1) is 0 Å². The first-order valence-corrected chi connectivity index (χ1v) is 12.0. The highest BCUT2D eigenvalue weighted by Crippen LogP contribution is 2.25. The zero-order valence-electron chi connectivity index (χ0n) is 20.9. The maximum atomic E-state index is 11.3. The van der Waals surface area contributed by atoms with Crippen LogP contribution in [0.2, 0.25) is 0 Å². The van der Waals surface area contributed by atoms with E-state index in [4.69, 9.17) is 5.73 Å². The number of piperidine rings is 1. The Morgan fingerprint density at radius 2 is 1.57 bits per heavy atom. The Morgan fingerprint density at radius 1 is 0.971 bits per heavy atom. The first-order chi connectivity index (χ1) is 16.8. The Kier molecular flexibility index (Phi) is 7.45. The summed E-state index contributed by atoms with van der Waals surface area (Å²) in [5.41, 5.74) is 11.6. The van der Waals surface area contributed by atoms with Gasteiger partial charge in [-0.25, -0.2) is 0 Å². The second-order valence-electron chi connectivity index (χ2n) is 9.21. The van der Waals surface area contributed by atoms with E-state index in [1.165, 1.54) is 11.1 Å². The topological polar surface area (TPSA) is 121 Å². The van der Waals surface area contributed by atoms with Crippen LogP contribution in [0.5, 0.6) is 0 Å². The highest BCUT2D eigenvalue weighted by Gasteiger charge is 2.21. The molecule has 1 aliphatic rings. The number of benzene rings is 2. The van der Waals surface area contributed by atoms with E-state index in [-0.39, 0.29) is 6.04 Å². The molecule has 3 aromatic rings. The van der Waals surface area contributed by atoms with Gasteiger partial charge in [0.05, 0.1) is 0 Å². The van der Waals surface area contributed by atoms with Gasteiger partial charge in [-0.3, -0.25) is 9.69 Å². The predicted octanol–water partition coefficient (Wildman–Crippen LogP) is 3.76. The molecule has 2 aromatic carbocycles. The highest BCUT2D eigenvalue weighted by molar-refractivity contribution is 5.92. The van der Waals surface area contributed by atoms with Crippen LogP contribution in [0.25, 0.3) is 0 Å². The van der Waals surface area contributed by atoms with E-state index >= 15 is 0 Å². The molecule has 0 aliphatic carbocycles. The van der Waals surface area contributed by atoms with Crippen LogP contribution >= 0.6 is 0 Å². The molecule has 9 nitrogen and oxygen atoms in total. The molecule has 0 bridgehead atoms. The molecule has 1 saturated heterocycles. The maximum absolute atomic E-state index is 11.3. The molecule has 0 unspecified atom stereocenters. The Hall–Kier alpha value is -3.72. The number of primary amides is 1. The molecule has 5 N–H and O–H groups in total. The fourth-order valence-electron chi connectivity index (χ4n) is 4.55. The lowest BCUT2D eigenvalue weighted by Crippen LogP contribution is -2.39. The summed E-state index contributed by atoms with van der Waals surface area (Å²) in [6.45, 7) is 9.05. The minimum absolute atomic E-state index is 0.284. The molecular weight excluding hydrogens is 440 g/mol. The average molecular weight is 475 g/mol. The summed E-state index contributed by atoms with van der Waals surface area (Å²) in [7, 11) is 1.81. The molecule has 1 aromatic heterocycles. The quantitative estimate of drug-likeness (QED) is 0.389. The van der Waals surface area contributed by atoms with Gasteiger partial charge < -0.3 is 21.7 Å². The monoisotopic (exact) mass is 474 g/mol. The maximum Gasteiger partial charge on any atom is 0.248 e. The Bertz CT molecular complexity index is 1160. The smallest absolute Gasteiger partial charge is 0.248 e. The predicted molar refractivity (Wildman–Crippen MR) is 140 cm³/mol. The lowest BCUT2D eigenvalue weighted by atomic mass is 10.0. The lowest BCUT2D eigenvalue weighted by molar-refractivity contribution is 0.1000. The van der Waals surface area contributed by atoms with Gasteiger partial charge in [0.2, 0.25) is 23.8 Å². The third-order valence-corrected chi connectivity index (χ3v) is 6.34. The summed E-state index contributed by atoms with van der Waals surface area (Å²) >= 11 is 0. The largest absolute Gasteiger partial charge is 0.366 e. The van der Waals surface area contributed by atoms with Gasteiger partial charge in [0.1, 0.15) is 0 Å². The number of rotatable bonds is 8. The van der Waals surface area contributed by atoms with Crippen LogP contribution in [0.15, 0.2) is 36.4 Å². The number of nitrogens with zero attached hydrogens (tertiary/aromatic N) is 4. The summed E-state index contributed by atoms with van der Waals surface area (Å²) in [6, 6.07) is 12.1. The van der Waals surface area contributed by atoms with Crippen molar-refractivity contribution in [3.05, 3.63) is 64.2 Å². The number of hydrogen-bond acceptors (Lipinski definition) is 8. The van der Waals surface area contributed by atoms with E-state index in [0.717, 1.165) is 49.3 Å². The number of amides is 1. The highest BCUT2D eigenvalue weighted by atomic mass is 16.1. The van der Waals surface area contributed by atoms with Crippen molar-refractivity contribution in [2.45, 2.75) is 46.2 Å². The molecule has 1 amide bonds. The summed E-state index contributed by atoms with van der Waals surface area (Å²) in [4.78, 5) is 27.4. The van der Waals surface area contributed by atoms with Crippen LogP contribution in [0.3, 0.4) is 0 Å². The summed E-state index contributed by atoms with van der Waals surface area (Å²) in [5.74, 6) is 1.20. The summed E-state index contributed by atoms with van der Waals surface area (Å²) in [5, 5.41) is 9.93. The first kappa shape index (κ1) is 24.4. The van der Waals surface area contributed by atoms with Crippen LogP contribution < -0.4 is 21.7 Å². The van der Waals surface area contributed by atoms with Gasteiger partial charge >= 0.3 is 0 Å². The number of aromatic nitrogens is 3. The SMILES string of the molecule is CNc1nc(Nc2c(C)cc(C)cc2C)nc(NC2CCN(Cc3ccc(C(N)=O)cc3)CC2)n1. The number of anilines is 4. The second-order valence-corrected chi connectivity index (χ2v) is 9.21. The molecule has 0 spiro atoms. The number of nitrogens with one attached hydrogen (secondary N) is 3. The van der Waals surface area contributed by atoms with E-state index in [1.807, 2.05) is 12.1 Å². The third-order valence-electron chi connectivity index (χ3n) is 6.34. The van der Waals surface area contributed by atoms with Gasteiger partial charge in [-0.1, -0.05) is 29.8 Å². The van der Waals surface area contributed by atoms with Crippen molar-refractivity contribution in [1.82, 2.24) is 19.9 Å². The molecule has 35 heavy (non-hydrogen) atoms. The number of carbonyl (C=O) groups is 1. The standard InChI is InChI=1S/C26H34N8O/c1-16-13-17(2)22(18(3)14-16)30-26-32-24(28-4)31-25(33-26)29-21-9-11-34(12-10-21)15-19-5-7-20(8-6-19)23(27)35/h5-8,13-14,21H,9-12,15H2,1-4H3,(H2,27,35)(H3,28,29,30,31,32,33). The fourth-order valence-corrected chi connectivity index (χ4v) is 4.55. The number of nitrogens with two attached hydrogens (primary N) is 1. The molecule has 9 heteroatoms. The molecule has 1 aliphatic heterocycles. The van der Waals surface area contributed by atoms with Crippen LogP contribution in [0, 0.1) is 20.8 Å². The van der Waals surface area contributed by atoms with E-state index in [0.29, 0.717) is 23.4 Å².